The summed E-state index contributed by atoms with van der Waals surface area (Å²) in [6, 6.07) is 0.271. The molecule has 116 valence electrons. The summed E-state index contributed by atoms with van der Waals surface area (Å²) in [5, 5.41) is 8.28. The fourth-order valence-electron chi connectivity index (χ4n) is 2.46. The van der Waals surface area contributed by atoms with Gasteiger partial charge in [0.25, 0.3) is 5.91 Å². The lowest BCUT2D eigenvalue weighted by Gasteiger charge is -2.36. The van der Waals surface area contributed by atoms with Gasteiger partial charge in [0, 0.05) is 18.6 Å². The summed E-state index contributed by atoms with van der Waals surface area (Å²) in [6.07, 6.45) is 2.31. The van der Waals surface area contributed by atoms with Gasteiger partial charge in [-0.05, 0) is 40.0 Å². The molecule has 4 atom stereocenters. The van der Waals surface area contributed by atoms with Gasteiger partial charge < -0.3 is 15.4 Å². The Hall–Kier alpha value is -1.14. The minimum absolute atomic E-state index is 0.0196. The van der Waals surface area contributed by atoms with Crippen molar-refractivity contribution in [3.8, 4) is 0 Å². The van der Waals surface area contributed by atoms with Gasteiger partial charge in [-0.25, -0.2) is 4.79 Å². The number of piperidine rings is 1. The third-order valence-electron chi connectivity index (χ3n) is 3.59. The van der Waals surface area contributed by atoms with Gasteiger partial charge in [0.15, 0.2) is 0 Å². The molecule has 3 amide bonds. The molecular formula is C14H27N3O3. The Bertz CT molecular complexity index is 336. The second-order valence-corrected chi connectivity index (χ2v) is 5.33. The molecule has 20 heavy (non-hydrogen) atoms. The van der Waals surface area contributed by atoms with Gasteiger partial charge in [-0.15, -0.1) is 0 Å². The maximum Gasteiger partial charge on any atom is 0.321 e. The molecule has 6 nitrogen and oxygen atoms in total. The zero-order valence-electron chi connectivity index (χ0n) is 12.9. The first-order valence-electron chi connectivity index (χ1n) is 7.48. The van der Waals surface area contributed by atoms with Crippen LogP contribution in [-0.2, 0) is 9.53 Å². The van der Waals surface area contributed by atoms with Crippen LogP contribution in [-0.4, -0.2) is 42.8 Å². The number of imide groups is 1. The highest BCUT2D eigenvalue weighted by Gasteiger charge is 2.30. The number of urea groups is 1. The molecule has 0 aromatic heterocycles. The van der Waals surface area contributed by atoms with Crippen LogP contribution in [0.4, 0.5) is 4.79 Å². The molecule has 0 spiro atoms. The number of amides is 3. The number of nitrogens with one attached hydrogen (secondary N) is 3. The maximum atomic E-state index is 11.8. The van der Waals surface area contributed by atoms with Crippen molar-refractivity contribution in [3.63, 3.8) is 0 Å². The molecule has 0 aliphatic carbocycles. The van der Waals surface area contributed by atoms with Gasteiger partial charge in [-0.3, -0.25) is 10.1 Å². The standard InChI is InChI=1S/C14H27N3O3/c1-5-11-12(8-7-9(3)16-11)20-10(4)13(18)17-14(19)15-6-2/h9-12,16H,5-8H2,1-4H3,(H2,15,17,18,19). The Morgan fingerprint density at radius 3 is 2.65 bits per heavy atom. The molecule has 6 heteroatoms. The van der Waals surface area contributed by atoms with Crippen LogP contribution < -0.4 is 16.0 Å². The SMILES string of the molecule is CCNC(=O)NC(=O)C(C)OC1CCC(C)NC1CC. The van der Waals surface area contributed by atoms with E-state index in [2.05, 4.69) is 29.8 Å². The molecule has 0 aromatic carbocycles. The molecule has 1 heterocycles. The second-order valence-electron chi connectivity index (χ2n) is 5.33. The predicted molar refractivity (Wildman–Crippen MR) is 77.5 cm³/mol. The lowest BCUT2D eigenvalue weighted by atomic mass is 9.94. The molecule has 1 aliphatic rings. The number of carbonyl (C=O) groups is 2. The van der Waals surface area contributed by atoms with Crippen molar-refractivity contribution in [2.75, 3.05) is 6.54 Å². The first-order chi connectivity index (χ1) is 9.47. The summed E-state index contributed by atoms with van der Waals surface area (Å²) in [5.74, 6) is -0.399. The van der Waals surface area contributed by atoms with Gasteiger partial charge in [0.05, 0.1) is 6.10 Å². The van der Waals surface area contributed by atoms with E-state index in [9.17, 15) is 9.59 Å². The lowest BCUT2D eigenvalue weighted by molar-refractivity contribution is -0.136. The van der Waals surface area contributed by atoms with E-state index in [1.54, 1.807) is 13.8 Å². The normalized spacial score (nSPS) is 27.7. The zero-order valence-corrected chi connectivity index (χ0v) is 12.9. The van der Waals surface area contributed by atoms with Crippen LogP contribution in [0.25, 0.3) is 0 Å². The van der Waals surface area contributed by atoms with Gasteiger partial charge in [0.2, 0.25) is 0 Å². The first kappa shape index (κ1) is 16.9. The minimum atomic E-state index is -0.633. The molecule has 1 saturated heterocycles. The molecule has 1 aliphatic heterocycles. The van der Waals surface area contributed by atoms with E-state index in [4.69, 9.17) is 4.74 Å². The van der Waals surface area contributed by atoms with Crippen LogP contribution in [0.5, 0.6) is 0 Å². The van der Waals surface area contributed by atoms with Gasteiger partial charge in [0.1, 0.15) is 6.10 Å². The van der Waals surface area contributed by atoms with Crippen LogP contribution in [0, 0.1) is 0 Å². The monoisotopic (exact) mass is 285 g/mol. The zero-order chi connectivity index (χ0) is 15.1. The molecule has 0 saturated carbocycles. The lowest BCUT2D eigenvalue weighted by Crippen LogP contribution is -2.52. The molecular weight excluding hydrogens is 258 g/mol. The first-order valence-corrected chi connectivity index (χ1v) is 7.48. The summed E-state index contributed by atoms with van der Waals surface area (Å²) in [7, 11) is 0. The number of ether oxygens (including phenoxy) is 1. The average molecular weight is 285 g/mol. The Labute approximate surface area is 121 Å². The van der Waals surface area contributed by atoms with E-state index in [0.717, 1.165) is 19.3 Å². The van der Waals surface area contributed by atoms with E-state index in [1.807, 2.05) is 0 Å². The van der Waals surface area contributed by atoms with Crippen LogP contribution in [0.1, 0.15) is 47.0 Å². The van der Waals surface area contributed by atoms with Crippen molar-refractivity contribution < 1.29 is 14.3 Å². The van der Waals surface area contributed by atoms with E-state index >= 15 is 0 Å². The Kier molecular flexibility index (Phi) is 6.95. The predicted octanol–water partition coefficient (Wildman–Crippen LogP) is 1.16. The highest BCUT2D eigenvalue weighted by molar-refractivity contribution is 5.96. The fourth-order valence-corrected chi connectivity index (χ4v) is 2.46. The van der Waals surface area contributed by atoms with Crippen molar-refractivity contribution in [1.82, 2.24) is 16.0 Å². The number of carbonyl (C=O) groups excluding carboxylic acids is 2. The Balaban J connectivity index is 2.45. The van der Waals surface area contributed by atoms with Crippen molar-refractivity contribution in [3.05, 3.63) is 0 Å². The highest BCUT2D eigenvalue weighted by Crippen LogP contribution is 2.20. The van der Waals surface area contributed by atoms with Gasteiger partial charge in [-0.2, -0.15) is 0 Å². The molecule has 0 bridgehead atoms. The van der Waals surface area contributed by atoms with Crippen molar-refractivity contribution in [2.24, 2.45) is 0 Å². The van der Waals surface area contributed by atoms with Gasteiger partial charge in [-0.1, -0.05) is 6.92 Å². The summed E-state index contributed by atoms with van der Waals surface area (Å²) in [5.41, 5.74) is 0. The molecule has 0 radical (unpaired) electrons. The molecule has 0 aromatic rings. The average Bonchev–Trinajstić information content (AvgIpc) is 2.40. The van der Waals surface area contributed by atoms with E-state index in [-0.39, 0.29) is 12.1 Å². The van der Waals surface area contributed by atoms with Crippen molar-refractivity contribution in [2.45, 2.75) is 71.2 Å². The quantitative estimate of drug-likeness (QED) is 0.708. The second kappa shape index (κ2) is 8.21. The third kappa shape index (κ3) is 5.09. The molecule has 4 unspecified atom stereocenters. The topological polar surface area (TPSA) is 79.5 Å². The summed E-state index contributed by atoms with van der Waals surface area (Å²) in [4.78, 5) is 23.1. The summed E-state index contributed by atoms with van der Waals surface area (Å²) >= 11 is 0. The van der Waals surface area contributed by atoms with E-state index in [0.29, 0.717) is 12.6 Å². The van der Waals surface area contributed by atoms with Gasteiger partial charge >= 0.3 is 6.03 Å². The summed E-state index contributed by atoms with van der Waals surface area (Å²) in [6.45, 7) is 8.22. The largest absolute Gasteiger partial charge is 0.364 e. The summed E-state index contributed by atoms with van der Waals surface area (Å²) < 4.78 is 5.83. The van der Waals surface area contributed by atoms with Crippen LogP contribution in [0.2, 0.25) is 0 Å². The van der Waals surface area contributed by atoms with Crippen LogP contribution in [0.3, 0.4) is 0 Å². The van der Waals surface area contributed by atoms with E-state index in [1.165, 1.54) is 0 Å². The molecule has 3 N–H and O–H groups in total. The number of hydrogen-bond donors (Lipinski definition) is 3. The number of rotatable bonds is 5. The van der Waals surface area contributed by atoms with Crippen molar-refractivity contribution in [1.29, 1.82) is 0 Å². The van der Waals surface area contributed by atoms with Crippen molar-refractivity contribution >= 4 is 11.9 Å². The van der Waals surface area contributed by atoms with Crippen LogP contribution >= 0.6 is 0 Å². The smallest absolute Gasteiger partial charge is 0.321 e. The van der Waals surface area contributed by atoms with Crippen LogP contribution in [0.15, 0.2) is 0 Å². The molecule has 1 rings (SSSR count). The minimum Gasteiger partial charge on any atom is -0.364 e. The fraction of sp³-hybridized carbons (Fsp3) is 0.857. The van der Waals surface area contributed by atoms with E-state index < -0.39 is 18.0 Å². The molecule has 1 fully saturated rings. The maximum absolute atomic E-state index is 11.8. The Morgan fingerprint density at radius 1 is 1.35 bits per heavy atom. The number of hydrogen-bond acceptors (Lipinski definition) is 4. The Morgan fingerprint density at radius 2 is 2.05 bits per heavy atom. The highest BCUT2D eigenvalue weighted by atomic mass is 16.5. The third-order valence-corrected chi connectivity index (χ3v) is 3.59.